The highest BCUT2D eigenvalue weighted by Gasteiger charge is 2.34. The summed E-state index contributed by atoms with van der Waals surface area (Å²) in [5.74, 6) is 0.290. The van der Waals surface area contributed by atoms with Crippen molar-refractivity contribution in [2.24, 2.45) is 5.41 Å². The van der Waals surface area contributed by atoms with Crippen molar-refractivity contribution in [3.05, 3.63) is 231 Å². The zero-order chi connectivity index (χ0) is 44.9. The fourth-order valence-corrected chi connectivity index (χ4v) is 10.6. The molecule has 0 fully saturated rings. The Bertz CT molecular complexity index is 3150. The van der Waals surface area contributed by atoms with Gasteiger partial charge >= 0.3 is 5.97 Å². The van der Waals surface area contributed by atoms with Crippen LogP contribution in [0, 0.1) is 5.41 Å². The van der Waals surface area contributed by atoms with Crippen molar-refractivity contribution in [3.63, 3.8) is 0 Å². The van der Waals surface area contributed by atoms with Crippen LogP contribution in [-0.2, 0) is 30.5 Å². The second kappa shape index (κ2) is 17.0. The Kier molecular flexibility index (Phi) is 10.7. The molecular formula is C60H48O6. The van der Waals surface area contributed by atoms with Crippen molar-refractivity contribution in [1.29, 1.82) is 0 Å². The Labute approximate surface area is 384 Å². The van der Waals surface area contributed by atoms with E-state index in [9.17, 15) is 0 Å². The summed E-state index contributed by atoms with van der Waals surface area (Å²) < 4.78 is 6.83. The summed E-state index contributed by atoms with van der Waals surface area (Å²) >= 11 is 0. The number of hydrogen-bond donors (Lipinski definition) is 4. The molecule has 0 heterocycles. The minimum absolute atomic E-state index is 0.333. The van der Waals surface area contributed by atoms with Gasteiger partial charge < -0.3 is 25.2 Å². The van der Waals surface area contributed by atoms with Crippen LogP contribution in [0.3, 0.4) is 0 Å². The van der Waals surface area contributed by atoms with Gasteiger partial charge in [-0.3, -0.25) is 0 Å². The minimum atomic E-state index is -1.11. The summed E-state index contributed by atoms with van der Waals surface area (Å²) in [5.41, 5.74) is 23.2. The first kappa shape index (κ1) is 41.5. The molecule has 12 rings (SSSR count). The van der Waals surface area contributed by atoms with Gasteiger partial charge in [0.25, 0.3) is 0 Å². The number of esters is 1. The van der Waals surface area contributed by atoms with Crippen molar-refractivity contribution in [2.75, 3.05) is 26.4 Å². The SMILES string of the molecule is O=C(Oc1cccc2c1Cc1ccccc1-2)C(=C(c1cccc2c1Cc1ccccc1-2)c1cccc2c1Cc1ccccc1-2)c1cccc2c1Cc1ccccc1-2.OCC(CO)(CO)CO. The number of rotatable bonds is 9. The molecule has 8 aromatic carbocycles. The molecule has 0 amide bonds. The molecule has 324 valence electrons. The fourth-order valence-electron chi connectivity index (χ4n) is 10.6. The standard InChI is InChI=1S/C55H36O2.C5H12O4/c56-55(57-52-28-12-24-44-40-20-8-4-16-36(40)32-51(44)52)54(47-27-11-23-43-39-19-7-3-15-35(39)31-50(43)47)53(45-25-9-21-41-37-17-5-1-13-33(37)29-48(41)45)46-26-10-22-42-38-18-6-2-14-34(38)30-49(42)46;6-1-5(2-7,3-8)4-9/h1-28H,29-32H2;6-9H,1-4H2. The van der Waals surface area contributed by atoms with E-state index in [-0.39, 0.29) is 5.97 Å². The third-order valence-electron chi connectivity index (χ3n) is 14.2. The number of carbonyl (C=O) groups is 1. The van der Waals surface area contributed by atoms with Crippen molar-refractivity contribution in [1.82, 2.24) is 0 Å². The van der Waals surface area contributed by atoms with Gasteiger partial charge in [0.05, 0.1) is 37.4 Å². The van der Waals surface area contributed by atoms with E-state index in [0.717, 1.165) is 59.1 Å². The Hall–Kier alpha value is -7.19. The molecule has 0 saturated heterocycles. The van der Waals surface area contributed by atoms with Crippen molar-refractivity contribution >= 4 is 17.1 Å². The van der Waals surface area contributed by atoms with Crippen LogP contribution in [-0.4, -0.2) is 52.8 Å². The van der Waals surface area contributed by atoms with Gasteiger partial charge in [-0.15, -0.1) is 0 Å². The lowest BCUT2D eigenvalue weighted by atomic mass is 9.81. The van der Waals surface area contributed by atoms with Gasteiger partial charge in [0.1, 0.15) is 5.75 Å². The molecule has 4 N–H and O–H groups in total. The summed E-state index contributed by atoms with van der Waals surface area (Å²) in [6, 6.07) is 60.6. The third-order valence-corrected chi connectivity index (χ3v) is 14.2. The van der Waals surface area contributed by atoms with Crippen LogP contribution < -0.4 is 4.74 Å². The monoisotopic (exact) mass is 864 g/mol. The average molecular weight is 865 g/mol. The summed E-state index contributed by atoms with van der Waals surface area (Å²) in [5, 5.41) is 34.0. The molecule has 8 aromatic rings. The van der Waals surface area contributed by atoms with Crippen LogP contribution in [0.2, 0.25) is 0 Å². The maximum absolute atomic E-state index is 15.8. The highest BCUT2D eigenvalue weighted by Crippen LogP contribution is 2.50. The molecular weight excluding hydrogens is 817 g/mol. The van der Waals surface area contributed by atoms with Crippen LogP contribution in [0.4, 0.5) is 0 Å². The molecule has 0 aliphatic heterocycles. The fraction of sp³-hybridized carbons (Fsp3) is 0.150. The van der Waals surface area contributed by atoms with Gasteiger partial charge in [-0.2, -0.15) is 0 Å². The van der Waals surface area contributed by atoms with Gasteiger partial charge in [0, 0.05) is 17.6 Å². The van der Waals surface area contributed by atoms with Crippen LogP contribution in [0.15, 0.2) is 170 Å². The number of aliphatic hydroxyl groups excluding tert-OH is 4. The largest absolute Gasteiger partial charge is 0.423 e. The predicted octanol–water partition coefficient (Wildman–Crippen LogP) is 10.5. The molecule has 0 unspecified atom stereocenters. The smallest absolute Gasteiger partial charge is 0.344 e. The van der Waals surface area contributed by atoms with E-state index in [1.54, 1.807) is 0 Å². The minimum Gasteiger partial charge on any atom is -0.423 e. The van der Waals surface area contributed by atoms with Gasteiger partial charge in [-0.05, 0) is 125 Å². The van der Waals surface area contributed by atoms with Crippen molar-refractivity contribution < 1.29 is 30.0 Å². The Morgan fingerprint density at radius 1 is 0.379 bits per heavy atom. The van der Waals surface area contributed by atoms with Crippen LogP contribution in [0.1, 0.15) is 61.2 Å². The maximum atomic E-state index is 15.8. The van der Waals surface area contributed by atoms with Crippen molar-refractivity contribution in [3.8, 4) is 50.3 Å². The molecule has 6 nitrogen and oxygen atoms in total. The first-order chi connectivity index (χ1) is 32.4. The van der Waals surface area contributed by atoms with Gasteiger partial charge in [0.2, 0.25) is 0 Å². The Morgan fingerprint density at radius 3 is 1.09 bits per heavy atom. The Morgan fingerprint density at radius 2 is 0.697 bits per heavy atom. The highest BCUT2D eigenvalue weighted by molar-refractivity contribution is 6.29. The van der Waals surface area contributed by atoms with Crippen LogP contribution >= 0.6 is 0 Å². The normalized spacial score (nSPS) is 12.9. The first-order valence-electron chi connectivity index (χ1n) is 22.7. The summed E-state index contributed by atoms with van der Waals surface area (Å²) in [7, 11) is 0. The number of aliphatic hydroxyl groups is 4. The predicted molar refractivity (Wildman–Crippen MR) is 261 cm³/mol. The number of fused-ring (bicyclic) bond motifs is 12. The van der Waals surface area contributed by atoms with Crippen LogP contribution in [0.5, 0.6) is 5.75 Å². The molecule has 4 aliphatic rings. The van der Waals surface area contributed by atoms with E-state index in [0.29, 0.717) is 11.3 Å². The zero-order valence-electron chi connectivity index (χ0n) is 36.4. The van der Waals surface area contributed by atoms with Crippen molar-refractivity contribution in [2.45, 2.75) is 25.7 Å². The summed E-state index contributed by atoms with van der Waals surface area (Å²) in [6.07, 6.45) is 3.07. The Balaban J connectivity index is 0.000000487. The van der Waals surface area contributed by atoms with E-state index in [1.165, 1.54) is 77.9 Å². The van der Waals surface area contributed by atoms with E-state index in [1.807, 2.05) is 12.1 Å². The number of ether oxygens (including phenoxy) is 1. The zero-order valence-corrected chi connectivity index (χ0v) is 36.4. The van der Waals surface area contributed by atoms with Crippen LogP contribution in [0.25, 0.3) is 55.7 Å². The number of carbonyl (C=O) groups excluding carboxylic acids is 1. The quantitative estimate of drug-likeness (QED) is 0.0498. The van der Waals surface area contributed by atoms with Gasteiger partial charge in [-0.1, -0.05) is 164 Å². The van der Waals surface area contributed by atoms with Gasteiger partial charge in [-0.25, -0.2) is 4.79 Å². The third kappa shape index (κ3) is 6.84. The average Bonchev–Trinajstić information content (AvgIpc) is 4.15. The van der Waals surface area contributed by atoms with E-state index in [2.05, 4.69) is 158 Å². The summed E-state index contributed by atoms with van der Waals surface area (Å²) in [6.45, 7) is -1.62. The van der Waals surface area contributed by atoms with E-state index >= 15 is 4.79 Å². The molecule has 0 radical (unpaired) electrons. The molecule has 0 saturated carbocycles. The molecule has 66 heavy (non-hydrogen) atoms. The molecule has 4 aliphatic carbocycles. The molecule has 0 aromatic heterocycles. The lowest BCUT2D eigenvalue weighted by Crippen LogP contribution is -2.37. The highest BCUT2D eigenvalue weighted by atomic mass is 16.5. The molecule has 0 bridgehead atoms. The second-order valence-electron chi connectivity index (χ2n) is 17.9. The van der Waals surface area contributed by atoms with Gasteiger partial charge in [0.15, 0.2) is 0 Å². The van der Waals surface area contributed by atoms with E-state index < -0.39 is 31.8 Å². The first-order valence-corrected chi connectivity index (χ1v) is 22.7. The summed E-state index contributed by atoms with van der Waals surface area (Å²) in [4.78, 5) is 15.8. The maximum Gasteiger partial charge on any atom is 0.344 e. The number of hydrogen-bond acceptors (Lipinski definition) is 6. The molecule has 6 heteroatoms. The lowest BCUT2D eigenvalue weighted by Gasteiger charge is -2.23. The molecule has 0 atom stereocenters. The molecule has 0 spiro atoms. The lowest BCUT2D eigenvalue weighted by molar-refractivity contribution is -0.127. The topological polar surface area (TPSA) is 107 Å². The second-order valence-corrected chi connectivity index (χ2v) is 17.9. The number of benzene rings is 8. The van der Waals surface area contributed by atoms with E-state index in [4.69, 9.17) is 25.2 Å².